The van der Waals surface area contributed by atoms with Gasteiger partial charge in [-0.15, -0.1) is 0 Å². The van der Waals surface area contributed by atoms with Crippen LogP contribution in [0.25, 0.3) is 10.8 Å². The van der Waals surface area contributed by atoms with Crippen LogP contribution in [0.5, 0.6) is 0 Å². The number of rotatable bonds is 4. The van der Waals surface area contributed by atoms with Gasteiger partial charge in [0, 0.05) is 6.07 Å². The first-order valence-electron chi connectivity index (χ1n) is 7.39. The number of ether oxygens (including phenoxy) is 1. The predicted octanol–water partition coefficient (Wildman–Crippen LogP) is 2.78. The Labute approximate surface area is 138 Å². The maximum atomic E-state index is 12.3. The van der Waals surface area contributed by atoms with Crippen LogP contribution in [-0.4, -0.2) is 24.1 Å². The monoisotopic (exact) mass is 324 g/mol. The van der Waals surface area contributed by atoms with Crippen LogP contribution in [0.1, 0.15) is 27.9 Å². The molecule has 0 aliphatic rings. The van der Waals surface area contributed by atoms with Crippen LogP contribution in [0.2, 0.25) is 0 Å². The summed E-state index contributed by atoms with van der Waals surface area (Å²) in [6.45, 7) is 1.71. The fourth-order valence-corrected chi connectivity index (χ4v) is 2.46. The number of carbonyl (C=O) groups excluding carboxylic acids is 2. The van der Waals surface area contributed by atoms with Crippen molar-refractivity contribution in [2.75, 3.05) is 7.11 Å². The van der Waals surface area contributed by atoms with E-state index in [0.717, 1.165) is 10.8 Å². The molecule has 24 heavy (non-hydrogen) atoms. The third-order valence-corrected chi connectivity index (χ3v) is 3.67. The van der Waals surface area contributed by atoms with Crippen molar-refractivity contribution in [1.29, 1.82) is 0 Å². The second-order valence-electron chi connectivity index (χ2n) is 5.37. The summed E-state index contributed by atoms with van der Waals surface area (Å²) in [4.78, 5) is 24.4. The second-order valence-corrected chi connectivity index (χ2v) is 5.37. The summed E-state index contributed by atoms with van der Waals surface area (Å²) in [7, 11) is 1.28. The Bertz CT molecular complexity index is 901. The second kappa shape index (κ2) is 6.54. The normalized spacial score (nSPS) is 11.9. The maximum absolute atomic E-state index is 12.3. The molecule has 0 radical (unpaired) electrons. The van der Waals surface area contributed by atoms with Gasteiger partial charge in [-0.05, 0) is 29.3 Å². The topological polar surface area (TPSA) is 81.4 Å². The van der Waals surface area contributed by atoms with Crippen LogP contribution < -0.4 is 5.32 Å². The van der Waals surface area contributed by atoms with Crippen molar-refractivity contribution in [3.05, 3.63) is 65.5 Å². The quantitative estimate of drug-likeness (QED) is 0.746. The lowest BCUT2D eigenvalue weighted by Crippen LogP contribution is -2.34. The van der Waals surface area contributed by atoms with Crippen molar-refractivity contribution >= 4 is 22.6 Å². The molecule has 1 aromatic heterocycles. The molecule has 122 valence electrons. The molecule has 0 saturated heterocycles. The molecular weight excluding hydrogens is 308 g/mol. The first-order chi connectivity index (χ1) is 11.6. The number of nitrogens with one attached hydrogen (secondary N) is 1. The van der Waals surface area contributed by atoms with Crippen LogP contribution in [0.4, 0.5) is 0 Å². The number of fused-ring (bicyclic) bond motifs is 1. The highest BCUT2D eigenvalue weighted by molar-refractivity contribution is 5.95. The summed E-state index contributed by atoms with van der Waals surface area (Å²) in [5, 5.41) is 8.31. The summed E-state index contributed by atoms with van der Waals surface area (Å²) in [6, 6.07) is 13.9. The average Bonchev–Trinajstić information content (AvgIpc) is 3.05. The number of hydrogen-bond donors (Lipinski definition) is 1. The van der Waals surface area contributed by atoms with Crippen LogP contribution in [0.3, 0.4) is 0 Å². The minimum absolute atomic E-state index is 0.0437. The highest BCUT2D eigenvalue weighted by Crippen LogP contribution is 2.22. The molecule has 6 nitrogen and oxygen atoms in total. The highest BCUT2D eigenvalue weighted by Gasteiger charge is 2.25. The number of amides is 1. The molecule has 1 N–H and O–H groups in total. The number of hydrogen-bond acceptors (Lipinski definition) is 5. The maximum Gasteiger partial charge on any atom is 0.333 e. The summed E-state index contributed by atoms with van der Waals surface area (Å²) in [5.41, 5.74) is 1.21. The third kappa shape index (κ3) is 3.12. The lowest BCUT2D eigenvalue weighted by Gasteiger charge is -2.16. The first-order valence-corrected chi connectivity index (χ1v) is 7.39. The predicted molar refractivity (Wildman–Crippen MR) is 87.4 cm³/mol. The minimum atomic E-state index is -0.933. The van der Waals surface area contributed by atoms with E-state index in [-0.39, 0.29) is 5.76 Å². The van der Waals surface area contributed by atoms with Gasteiger partial charge in [0.25, 0.3) is 5.91 Å². The Hall–Kier alpha value is -3.15. The molecular formula is C18H16N2O4. The average molecular weight is 324 g/mol. The largest absolute Gasteiger partial charge is 0.467 e. The number of nitrogens with zero attached hydrogens (tertiary/aromatic N) is 1. The summed E-state index contributed by atoms with van der Waals surface area (Å²) in [5.74, 6) is -1.05. The van der Waals surface area contributed by atoms with E-state index in [4.69, 9.17) is 9.26 Å². The van der Waals surface area contributed by atoms with Crippen molar-refractivity contribution in [2.45, 2.75) is 13.0 Å². The number of benzene rings is 2. The van der Waals surface area contributed by atoms with Gasteiger partial charge in [-0.1, -0.05) is 41.6 Å². The van der Waals surface area contributed by atoms with E-state index in [2.05, 4.69) is 10.5 Å². The molecule has 0 saturated carbocycles. The van der Waals surface area contributed by atoms with E-state index in [9.17, 15) is 9.59 Å². The van der Waals surface area contributed by atoms with Gasteiger partial charge in [-0.2, -0.15) is 0 Å². The zero-order chi connectivity index (χ0) is 17.1. The molecule has 2 aromatic carbocycles. The lowest BCUT2D eigenvalue weighted by atomic mass is 10.0. The lowest BCUT2D eigenvalue weighted by molar-refractivity contribution is -0.143. The van der Waals surface area contributed by atoms with Gasteiger partial charge in [0.15, 0.2) is 6.04 Å². The first kappa shape index (κ1) is 15.7. The van der Waals surface area contributed by atoms with Gasteiger partial charge >= 0.3 is 5.97 Å². The van der Waals surface area contributed by atoms with E-state index in [0.29, 0.717) is 11.3 Å². The SMILES string of the molecule is COC(=O)[C@H](NC(=O)c1cc(C)no1)c1ccc2ccccc2c1. The van der Waals surface area contributed by atoms with E-state index in [1.54, 1.807) is 13.0 Å². The summed E-state index contributed by atoms with van der Waals surface area (Å²) < 4.78 is 9.75. The van der Waals surface area contributed by atoms with Crippen molar-refractivity contribution in [3.8, 4) is 0 Å². The van der Waals surface area contributed by atoms with Crippen LogP contribution in [0, 0.1) is 6.92 Å². The number of esters is 1. The standard InChI is InChI=1S/C18H16N2O4/c1-11-9-15(24-20-11)17(21)19-16(18(22)23-2)14-8-7-12-5-3-4-6-13(12)10-14/h3-10,16H,1-2H3,(H,19,21)/t16-/m1/s1. The van der Waals surface area contributed by atoms with Crippen LogP contribution in [-0.2, 0) is 9.53 Å². The summed E-state index contributed by atoms with van der Waals surface area (Å²) in [6.07, 6.45) is 0. The molecule has 0 unspecified atom stereocenters. The van der Waals surface area contributed by atoms with E-state index < -0.39 is 17.9 Å². The molecule has 0 spiro atoms. The Morgan fingerprint density at radius 2 is 1.88 bits per heavy atom. The molecule has 0 aliphatic carbocycles. The Morgan fingerprint density at radius 1 is 1.12 bits per heavy atom. The van der Waals surface area contributed by atoms with Gasteiger partial charge in [-0.3, -0.25) is 4.79 Å². The third-order valence-electron chi connectivity index (χ3n) is 3.67. The van der Waals surface area contributed by atoms with Crippen molar-refractivity contribution < 1.29 is 18.8 Å². The molecule has 6 heteroatoms. The van der Waals surface area contributed by atoms with Crippen molar-refractivity contribution in [1.82, 2.24) is 10.5 Å². The van der Waals surface area contributed by atoms with E-state index in [1.807, 2.05) is 36.4 Å². The van der Waals surface area contributed by atoms with Crippen molar-refractivity contribution in [2.24, 2.45) is 0 Å². The minimum Gasteiger partial charge on any atom is -0.467 e. The fraction of sp³-hybridized carbons (Fsp3) is 0.167. The zero-order valence-electron chi connectivity index (χ0n) is 13.3. The van der Waals surface area contributed by atoms with Crippen LogP contribution in [0.15, 0.2) is 53.1 Å². The van der Waals surface area contributed by atoms with Crippen LogP contribution >= 0.6 is 0 Å². The van der Waals surface area contributed by atoms with Gasteiger partial charge < -0.3 is 14.6 Å². The molecule has 3 rings (SSSR count). The highest BCUT2D eigenvalue weighted by atomic mass is 16.5. The molecule has 0 fully saturated rings. The Balaban J connectivity index is 1.93. The van der Waals surface area contributed by atoms with Crippen molar-refractivity contribution in [3.63, 3.8) is 0 Å². The number of aromatic nitrogens is 1. The number of methoxy groups -OCH3 is 1. The molecule has 0 bridgehead atoms. The van der Waals surface area contributed by atoms with Gasteiger partial charge in [0.05, 0.1) is 12.8 Å². The molecule has 0 aliphatic heterocycles. The number of carbonyl (C=O) groups is 2. The molecule has 1 amide bonds. The van der Waals surface area contributed by atoms with E-state index >= 15 is 0 Å². The van der Waals surface area contributed by atoms with E-state index in [1.165, 1.54) is 13.2 Å². The Kier molecular flexibility index (Phi) is 4.29. The summed E-state index contributed by atoms with van der Waals surface area (Å²) >= 11 is 0. The van der Waals surface area contributed by atoms with Gasteiger partial charge in [0.1, 0.15) is 0 Å². The molecule has 1 atom stereocenters. The Morgan fingerprint density at radius 3 is 2.54 bits per heavy atom. The molecule has 3 aromatic rings. The zero-order valence-corrected chi connectivity index (χ0v) is 13.3. The molecule has 1 heterocycles. The van der Waals surface area contributed by atoms with Gasteiger partial charge in [-0.25, -0.2) is 4.79 Å². The number of aryl methyl sites for hydroxylation is 1. The fourth-order valence-electron chi connectivity index (χ4n) is 2.46. The van der Waals surface area contributed by atoms with Gasteiger partial charge in [0.2, 0.25) is 5.76 Å². The smallest absolute Gasteiger partial charge is 0.333 e.